The van der Waals surface area contributed by atoms with Crippen LogP contribution < -0.4 is 5.32 Å². The Hall–Kier alpha value is -2.38. The van der Waals surface area contributed by atoms with Crippen molar-refractivity contribution < 1.29 is 5.11 Å². The van der Waals surface area contributed by atoms with Gasteiger partial charge in [0.2, 0.25) is 0 Å². The molecule has 96 valence electrons. The predicted octanol–water partition coefficient (Wildman–Crippen LogP) is 2.26. The second-order valence-corrected chi connectivity index (χ2v) is 4.33. The van der Waals surface area contributed by atoms with Crippen LogP contribution in [0.1, 0.15) is 22.5 Å². The van der Waals surface area contributed by atoms with Gasteiger partial charge in [0.15, 0.2) is 0 Å². The fourth-order valence-electron chi connectivity index (χ4n) is 1.76. The highest BCUT2D eigenvalue weighted by Crippen LogP contribution is 2.14. The Bertz CT molecular complexity index is 600. The summed E-state index contributed by atoms with van der Waals surface area (Å²) in [6.45, 7) is 3.07. The number of nitriles is 1. The van der Waals surface area contributed by atoms with Gasteiger partial charge in [-0.1, -0.05) is 12.1 Å². The maximum Gasteiger partial charge on any atom is 0.138 e. The van der Waals surface area contributed by atoms with Crippen molar-refractivity contribution in [1.82, 2.24) is 10.3 Å². The summed E-state index contributed by atoms with van der Waals surface area (Å²) < 4.78 is 0. The summed E-state index contributed by atoms with van der Waals surface area (Å²) in [6, 6.07) is 12.9. The highest BCUT2D eigenvalue weighted by molar-refractivity contribution is 5.31. The molecule has 2 rings (SSSR count). The average Bonchev–Trinajstić information content (AvgIpc) is 2.43. The molecule has 0 aliphatic rings. The Kier molecular flexibility index (Phi) is 4.11. The zero-order valence-corrected chi connectivity index (χ0v) is 10.7. The van der Waals surface area contributed by atoms with Gasteiger partial charge in [-0.2, -0.15) is 5.26 Å². The van der Waals surface area contributed by atoms with Crippen LogP contribution in [0.3, 0.4) is 0 Å². The van der Waals surface area contributed by atoms with Crippen LogP contribution in [0.15, 0.2) is 36.4 Å². The lowest BCUT2D eigenvalue weighted by atomic mass is 10.1. The highest BCUT2D eigenvalue weighted by Gasteiger charge is 2.02. The zero-order chi connectivity index (χ0) is 13.7. The highest BCUT2D eigenvalue weighted by atomic mass is 16.3. The summed E-state index contributed by atoms with van der Waals surface area (Å²) in [5, 5.41) is 21.6. The minimum Gasteiger partial charge on any atom is -0.506 e. The Morgan fingerprint density at radius 1 is 1.16 bits per heavy atom. The number of nitrogens with one attached hydrogen (secondary N) is 1. The van der Waals surface area contributed by atoms with Crippen molar-refractivity contribution in [2.45, 2.75) is 20.0 Å². The topological polar surface area (TPSA) is 68.9 Å². The molecule has 0 aliphatic carbocycles. The van der Waals surface area contributed by atoms with Gasteiger partial charge >= 0.3 is 0 Å². The predicted molar refractivity (Wildman–Crippen MR) is 72.3 cm³/mol. The third-order valence-electron chi connectivity index (χ3n) is 2.79. The summed E-state index contributed by atoms with van der Waals surface area (Å²) in [4.78, 5) is 4.28. The molecule has 0 amide bonds. The molecule has 1 aromatic heterocycles. The SMILES string of the molecule is Cc1ccc(O)c(CNCc2ccc(C#N)cc2)n1. The third kappa shape index (κ3) is 3.54. The van der Waals surface area contributed by atoms with Crippen LogP contribution in [0.4, 0.5) is 0 Å². The lowest BCUT2D eigenvalue weighted by Gasteiger charge is -2.07. The number of aromatic hydroxyl groups is 1. The first-order chi connectivity index (χ1) is 9.19. The second kappa shape index (κ2) is 5.98. The van der Waals surface area contributed by atoms with Gasteiger partial charge in [-0.25, -0.2) is 0 Å². The molecule has 0 radical (unpaired) electrons. The van der Waals surface area contributed by atoms with Crippen LogP contribution in [0.2, 0.25) is 0 Å². The van der Waals surface area contributed by atoms with Gasteiger partial charge in [0.1, 0.15) is 5.75 Å². The third-order valence-corrected chi connectivity index (χ3v) is 2.79. The van der Waals surface area contributed by atoms with Crippen molar-refractivity contribution in [3.8, 4) is 11.8 Å². The van der Waals surface area contributed by atoms with Crippen molar-refractivity contribution in [3.05, 3.63) is 58.9 Å². The van der Waals surface area contributed by atoms with Crippen LogP contribution in [0.5, 0.6) is 5.75 Å². The van der Waals surface area contributed by atoms with E-state index < -0.39 is 0 Å². The molecule has 0 aliphatic heterocycles. The smallest absolute Gasteiger partial charge is 0.138 e. The first-order valence-corrected chi connectivity index (χ1v) is 6.04. The van der Waals surface area contributed by atoms with Gasteiger partial charge in [-0.05, 0) is 36.8 Å². The number of rotatable bonds is 4. The number of hydrogen-bond acceptors (Lipinski definition) is 4. The average molecular weight is 253 g/mol. The number of pyridine rings is 1. The molecule has 0 atom stereocenters. The number of benzene rings is 1. The van der Waals surface area contributed by atoms with E-state index in [1.807, 2.05) is 19.1 Å². The van der Waals surface area contributed by atoms with E-state index in [0.717, 1.165) is 11.3 Å². The van der Waals surface area contributed by atoms with Gasteiger partial charge in [0.25, 0.3) is 0 Å². The molecule has 0 bridgehead atoms. The van der Waals surface area contributed by atoms with Crippen LogP contribution >= 0.6 is 0 Å². The van der Waals surface area contributed by atoms with Crippen molar-refractivity contribution in [1.29, 1.82) is 5.26 Å². The van der Waals surface area contributed by atoms with E-state index in [9.17, 15) is 5.11 Å². The lowest BCUT2D eigenvalue weighted by molar-refractivity contribution is 0.459. The van der Waals surface area contributed by atoms with Gasteiger partial charge in [0, 0.05) is 18.8 Å². The molecular formula is C15H15N3O. The van der Waals surface area contributed by atoms with E-state index in [2.05, 4.69) is 16.4 Å². The lowest BCUT2D eigenvalue weighted by Crippen LogP contribution is -2.14. The van der Waals surface area contributed by atoms with Gasteiger partial charge in [0.05, 0.1) is 17.3 Å². The Morgan fingerprint density at radius 3 is 2.58 bits per heavy atom. The number of aryl methyl sites for hydroxylation is 1. The van der Waals surface area contributed by atoms with Gasteiger partial charge in [-0.15, -0.1) is 0 Å². The fourth-order valence-corrected chi connectivity index (χ4v) is 1.76. The molecule has 0 spiro atoms. The van der Waals surface area contributed by atoms with E-state index >= 15 is 0 Å². The fraction of sp³-hybridized carbons (Fsp3) is 0.200. The summed E-state index contributed by atoms with van der Waals surface area (Å²) in [7, 11) is 0. The quantitative estimate of drug-likeness (QED) is 0.877. The maximum absolute atomic E-state index is 9.66. The van der Waals surface area contributed by atoms with E-state index in [1.54, 1.807) is 24.3 Å². The second-order valence-electron chi connectivity index (χ2n) is 4.33. The number of nitrogens with zero attached hydrogens (tertiary/aromatic N) is 2. The van der Waals surface area contributed by atoms with Crippen molar-refractivity contribution in [2.75, 3.05) is 0 Å². The summed E-state index contributed by atoms with van der Waals surface area (Å²) in [5.74, 6) is 0.206. The monoisotopic (exact) mass is 253 g/mol. The minimum atomic E-state index is 0.206. The van der Waals surface area contributed by atoms with Crippen LogP contribution in [0, 0.1) is 18.3 Å². The Labute approximate surface area is 112 Å². The molecule has 1 heterocycles. The molecule has 0 unspecified atom stereocenters. The molecule has 2 N–H and O–H groups in total. The Morgan fingerprint density at radius 2 is 1.89 bits per heavy atom. The summed E-state index contributed by atoms with van der Waals surface area (Å²) >= 11 is 0. The summed E-state index contributed by atoms with van der Waals surface area (Å²) in [5.41, 5.74) is 3.27. The first-order valence-electron chi connectivity index (χ1n) is 6.04. The van der Waals surface area contributed by atoms with Crippen LogP contribution in [0.25, 0.3) is 0 Å². The van der Waals surface area contributed by atoms with Crippen molar-refractivity contribution in [2.24, 2.45) is 0 Å². The van der Waals surface area contributed by atoms with Crippen LogP contribution in [-0.2, 0) is 13.1 Å². The molecule has 19 heavy (non-hydrogen) atoms. The molecule has 2 aromatic rings. The largest absolute Gasteiger partial charge is 0.506 e. The molecule has 1 aromatic carbocycles. The zero-order valence-electron chi connectivity index (χ0n) is 10.7. The van der Waals surface area contributed by atoms with E-state index in [1.165, 1.54) is 0 Å². The normalized spacial score (nSPS) is 10.1. The summed E-state index contributed by atoms with van der Waals surface area (Å²) in [6.07, 6.45) is 0. The molecule has 4 nitrogen and oxygen atoms in total. The number of hydrogen-bond donors (Lipinski definition) is 2. The standard InChI is InChI=1S/C15H15N3O/c1-11-2-7-15(19)14(18-11)10-17-9-13-5-3-12(8-16)4-6-13/h2-7,17,19H,9-10H2,1H3. The van der Waals surface area contributed by atoms with E-state index in [-0.39, 0.29) is 5.75 Å². The molecule has 4 heteroatoms. The number of aromatic nitrogens is 1. The van der Waals surface area contributed by atoms with Crippen molar-refractivity contribution >= 4 is 0 Å². The first kappa shape index (κ1) is 13.1. The van der Waals surface area contributed by atoms with Gasteiger partial charge < -0.3 is 10.4 Å². The van der Waals surface area contributed by atoms with E-state index in [0.29, 0.717) is 24.3 Å². The van der Waals surface area contributed by atoms with Crippen molar-refractivity contribution in [3.63, 3.8) is 0 Å². The maximum atomic E-state index is 9.66. The van der Waals surface area contributed by atoms with E-state index in [4.69, 9.17) is 5.26 Å². The molecule has 0 saturated carbocycles. The molecule has 0 saturated heterocycles. The van der Waals surface area contributed by atoms with Crippen LogP contribution in [-0.4, -0.2) is 10.1 Å². The minimum absolute atomic E-state index is 0.206. The molecular weight excluding hydrogens is 238 g/mol. The molecule has 0 fully saturated rings. The van der Waals surface area contributed by atoms with Gasteiger partial charge in [-0.3, -0.25) is 4.98 Å². The Balaban J connectivity index is 1.92.